The Hall–Kier alpha value is -3.56. The molecule has 3 aromatic rings. The van der Waals surface area contributed by atoms with Crippen molar-refractivity contribution in [3.63, 3.8) is 0 Å². The van der Waals surface area contributed by atoms with Gasteiger partial charge in [0.2, 0.25) is 15.9 Å². The summed E-state index contributed by atoms with van der Waals surface area (Å²) < 4.78 is 41.8. The third kappa shape index (κ3) is 4.64. The number of anilines is 1. The van der Waals surface area contributed by atoms with E-state index in [1.165, 1.54) is 51.7 Å². The van der Waals surface area contributed by atoms with Crippen LogP contribution in [0.1, 0.15) is 46.8 Å². The highest BCUT2D eigenvalue weighted by atomic mass is 32.2. The molecule has 0 saturated carbocycles. The van der Waals surface area contributed by atoms with Gasteiger partial charge in [0.1, 0.15) is 12.4 Å². The second kappa shape index (κ2) is 9.83. The number of sulfonamides is 1. The van der Waals surface area contributed by atoms with E-state index in [0.717, 1.165) is 24.8 Å². The first kappa shape index (κ1) is 24.1. The molecule has 2 aliphatic heterocycles. The number of nitrogens with one attached hydrogen (secondary N) is 1. The molecule has 5 rings (SSSR count). The number of rotatable bonds is 4. The Morgan fingerprint density at radius 1 is 0.917 bits per heavy atom. The molecule has 7 nitrogen and oxygen atoms in total. The zero-order valence-electron chi connectivity index (χ0n) is 19.6. The lowest BCUT2D eigenvalue weighted by molar-refractivity contribution is -0.117. The normalized spacial score (nSPS) is 18.8. The van der Waals surface area contributed by atoms with Gasteiger partial charge in [-0.1, -0.05) is 36.8 Å². The minimum absolute atomic E-state index is 0.126. The van der Waals surface area contributed by atoms with E-state index in [1.54, 1.807) is 0 Å². The van der Waals surface area contributed by atoms with Crippen molar-refractivity contribution in [2.24, 2.45) is 0 Å². The van der Waals surface area contributed by atoms with E-state index in [2.05, 4.69) is 5.32 Å². The van der Waals surface area contributed by atoms with E-state index in [-0.39, 0.29) is 17.0 Å². The molecule has 1 atom stereocenters. The van der Waals surface area contributed by atoms with Crippen molar-refractivity contribution in [3.8, 4) is 0 Å². The summed E-state index contributed by atoms with van der Waals surface area (Å²) in [5.74, 6) is -1.34. The molecule has 0 radical (unpaired) electrons. The number of piperidine rings is 1. The van der Waals surface area contributed by atoms with Crippen molar-refractivity contribution in [1.29, 1.82) is 0 Å². The molecule has 2 heterocycles. The number of hydrogen-bond donors (Lipinski definition) is 1. The van der Waals surface area contributed by atoms with Crippen LogP contribution in [0.2, 0.25) is 0 Å². The standard InChI is InChI=1S/C27H26FN3O4S/c28-21-11-14-24-23(17-21)26(19-7-3-1-4-8-19)31(18-25(32)29-24)27(33)20-9-12-22(13-10-20)36(34,35)30-15-5-2-6-16-30/h1,3-4,7-14,17,26H,2,5-6,15-16,18H2,(H,29,32). The molecule has 1 fully saturated rings. The minimum Gasteiger partial charge on any atom is -0.324 e. The summed E-state index contributed by atoms with van der Waals surface area (Å²) in [5.41, 5.74) is 1.86. The summed E-state index contributed by atoms with van der Waals surface area (Å²) in [5, 5.41) is 2.77. The van der Waals surface area contributed by atoms with Crippen LogP contribution >= 0.6 is 0 Å². The van der Waals surface area contributed by atoms with Crippen LogP contribution in [0.15, 0.2) is 77.7 Å². The Labute approximate surface area is 209 Å². The average molecular weight is 508 g/mol. The van der Waals surface area contributed by atoms with Gasteiger partial charge in [-0.25, -0.2) is 12.8 Å². The fraction of sp³-hybridized carbons (Fsp3) is 0.259. The van der Waals surface area contributed by atoms with Gasteiger partial charge in [0, 0.05) is 29.9 Å². The lowest BCUT2D eigenvalue weighted by Gasteiger charge is -2.31. The van der Waals surface area contributed by atoms with Crippen LogP contribution < -0.4 is 5.32 Å². The quantitative estimate of drug-likeness (QED) is 0.574. The van der Waals surface area contributed by atoms with Crippen LogP contribution in [0.3, 0.4) is 0 Å². The molecule has 186 valence electrons. The Morgan fingerprint density at radius 3 is 2.31 bits per heavy atom. The molecule has 9 heteroatoms. The summed E-state index contributed by atoms with van der Waals surface area (Å²) in [6, 6.07) is 18.3. The topological polar surface area (TPSA) is 86.8 Å². The predicted octanol–water partition coefficient (Wildman–Crippen LogP) is 4.18. The molecule has 1 saturated heterocycles. The molecule has 3 aromatic carbocycles. The van der Waals surface area contributed by atoms with E-state index in [0.29, 0.717) is 24.3 Å². The summed E-state index contributed by atoms with van der Waals surface area (Å²) >= 11 is 0. The van der Waals surface area contributed by atoms with Crippen LogP contribution in [-0.2, 0) is 14.8 Å². The van der Waals surface area contributed by atoms with Crippen LogP contribution in [0.25, 0.3) is 0 Å². The van der Waals surface area contributed by atoms with E-state index in [1.807, 2.05) is 30.3 Å². The van der Waals surface area contributed by atoms with Gasteiger partial charge in [-0.3, -0.25) is 9.59 Å². The monoisotopic (exact) mass is 507 g/mol. The second-order valence-corrected chi connectivity index (χ2v) is 11.0. The number of fused-ring (bicyclic) bond motifs is 1. The summed E-state index contributed by atoms with van der Waals surface area (Å²) in [6.45, 7) is 0.726. The smallest absolute Gasteiger partial charge is 0.255 e. The van der Waals surface area contributed by atoms with Crippen LogP contribution in [0.5, 0.6) is 0 Å². The molecule has 0 spiro atoms. The largest absolute Gasteiger partial charge is 0.324 e. The number of hydrogen-bond acceptors (Lipinski definition) is 4. The van der Waals surface area contributed by atoms with Crippen molar-refractivity contribution in [2.75, 3.05) is 25.0 Å². The fourth-order valence-electron chi connectivity index (χ4n) is 4.85. The highest BCUT2D eigenvalue weighted by Gasteiger charge is 2.34. The maximum Gasteiger partial charge on any atom is 0.255 e. The molecular formula is C27H26FN3O4S. The number of carbonyl (C=O) groups excluding carboxylic acids is 2. The van der Waals surface area contributed by atoms with E-state index >= 15 is 0 Å². The lowest BCUT2D eigenvalue weighted by Crippen LogP contribution is -2.39. The Balaban J connectivity index is 1.52. The first-order valence-electron chi connectivity index (χ1n) is 11.9. The predicted molar refractivity (Wildman–Crippen MR) is 133 cm³/mol. The Morgan fingerprint density at radius 2 is 1.61 bits per heavy atom. The molecule has 0 aromatic heterocycles. The fourth-order valence-corrected chi connectivity index (χ4v) is 6.37. The summed E-state index contributed by atoms with van der Waals surface area (Å²) in [6.07, 6.45) is 2.67. The highest BCUT2D eigenvalue weighted by Crippen LogP contribution is 2.37. The van der Waals surface area contributed by atoms with Crippen molar-refractivity contribution in [3.05, 3.63) is 95.3 Å². The molecule has 0 aliphatic carbocycles. The molecule has 1 unspecified atom stereocenters. The first-order valence-corrected chi connectivity index (χ1v) is 13.3. The van der Waals surface area contributed by atoms with E-state index in [9.17, 15) is 22.4 Å². The Kier molecular flexibility index (Phi) is 6.59. The molecule has 0 bridgehead atoms. The number of amides is 2. The lowest BCUT2D eigenvalue weighted by atomic mass is 9.95. The number of benzene rings is 3. The minimum atomic E-state index is -3.64. The van der Waals surface area contributed by atoms with Crippen molar-refractivity contribution >= 4 is 27.5 Å². The number of carbonyl (C=O) groups is 2. The van der Waals surface area contributed by atoms with Crippen molar-refractivity contribution in [2.45, 2.75) is 30.2 Å². The number of nitrogens with zero attached hydrogens (tertiary/aromatic N) is 2. The van der Waals surface area contributed by atoms with E-state index in [4.69, 9.17) is 0 Å². The van der Waals surface area contributed by atoms with E-state index < -0.39 is 33.7 Å². The van der Waals surface area contributed by atoms with Gasteiger partial charge in [-0.2, -0.15) is 4.31 Å². The summed E-state index contributed by atoms with van der Waals surface area (Å²) in [4.78, 5) is 28.0. The van der Waals surface area contributed by atoms with Gasteiger partial charge in [0.05, 0.1) is 10.9 Å². The highest BCUT2D eigenvalue weighted by molar-refractivity contribution is 7.89. The average Bonchev–Trinajstić information content (AvgIpc) is 3.05. The molecule has 36 heavy (non-hydrogen) atoms. The molecule has 2 aliphatic rings. The molecular weight excluding hydrogens is 481 g/mol. The van der Waals surface area contributed by atoms with Gasteiger partial charge >= 0.3 is 0 Å². The zero-order valence-corrected chi connectivity index (χ0v) is 20.4. The second-order valence-electron chi connectivity index (χ2n) is 9.02. The summed E-state index contributed by atoms with van der Waals surface area (Å²) in [7, 11) is -3.64. The van der Waals surface area contributed by atoms with Gasteiger partial charge < -0.3 is 10.2 Å². The van der Waals surface area contributed by atoms with Crippen LogP contribution in [0, 0.1) is 5.82 Å². The molecule has 2 amide bonds. The number of halogens is 1. The molecule has 1 N–H and O–H groups in total. The van der Waals surface area contributed by atoms with Crippen molar-refractivity contribution in [1.82, 2.24) is 9.21 Å². The van der Waals surface area contributed by atoms with Gasteiger partial charge in [-0.05, 0) is 60.9 Å². The third-order valence-electron chi connectivity index (χ3n) is 6.64. The first-order chi connectivity index (χ1) is 17.3. The maximum absolute atomic E-state index is 14.3. The van der Waals surface area contributed by atoms with Gasteiger partial charge in [0.15, 0.2) is 0 Å². The van der Waals surface area contributed by atoms with Gasteiger partial charge in [-0.15, -0.1) is 0 Å². The van der Waals surface area contributed by atoms with Crippen LogP contribution in [-0.4, -0.2) is 49.1 Å². The Bertz CT molecular complexity index is 1390. The van der Waals surface area contributed by atoms with Gasteiger partial charge in [0.25, 0.3) is 5.91 Å². The zero-order chi connectivity index (χ0) is 25.3. The third-order valence-corrected chi connectivity index (χ3v) is 8.55. The SMILES string of the molecule is O=C1CN(C(=O)c2ccc(S(=O)(=O)N3CCCCC3)cc2)C(c2ccccc2)c2cc(F)ccc2N1. The van der Waals surface area contributed by atoms with Crippen LogP contribution in [0.4, 0.5) is 10.1 Å². The maximum atomic E-state index is 14.3. The van der Waals surface area contributed by atoms with Crippen molar-refractivity contribution < 1.29 is 22.4 Å².